The molecule has 1 heterocycles. The second kappa shape index (κ2) is 11.4. The molecule has 0 aliphatic heterocycles. The van der Waals surface area contributed by atoms with Gasteiger partial charge in [0, 0.05) is 17.7 Å². The van der Waals surface area contributed by atoms with E-state index in [2.05, 4.69) is 10.4 Å². The van der Waals surface area contributed by atoms with Crippen LogP contribution in [0.5, 0.6) is 0 Å². The summed E-state index contributed by atoms with van der Waals surface area (Å²) in [5, 5.41) is 7.51. The topological polar surface area (TPSA) is 150 Å². The molecule has 0 spiro atoms. The van der Waals surface area contributed by atoms with Gasteiger partial charge in [-0.1, -0.05) is 60.2 Å². The molecule has 2 amide bonds. The van der Waals surface area contributed by atoms with Gasteiger partial charge < -0.3 is 16.8 Å². The molecule has 182 valence electrons. The number of anilines is 1. The minimum atomic E-state index is -0.643. The molecular weight excluding hydrogens is 458 g/mol. The second-order valence-corrected chi connectivity index (χ2v) is 8.00. The molecule has 0 aliphatic rings. The Balaban J connectivity index is 0.00000115. The van der Waals surface area contributed by atoms with Crippen LogP contribution in [0.25, 0.3) is 16.9 Å². The number of nitrogens with zero attached hydrogens (tertiary/aromatic N) is 2. The Morgan fingerprint density at radius 1 is 0.944 bits per heavy atom. The van der Waals surface area contributed by atoms with Gasteiger partial charge in [0.1, 0.15) is 17.1 Å². The first kappa shape index (κ1) is 25.6. The lowest BCUT2D eigenvalue weighted by Crippen LogP contribution is -2.23. The van der Waals surface area contributed by atoms with Gasteiger partial charge in [-0.3, -0.25) is 9.59 Å². The molecule has 0 fully saturated rings. The number of benzene rings is 3. The first-order valence-electron chi connectivity index (χ1n) is 10.9. The Hall–Kier alpha value is -5.01. The molecule has 36 heavy (non-hydrogen) atoms. The number of carbonyl (C=O) groups is 2. The molecule has 0 saturated carbocycles. The van der Waals surface area contributed by atoms with E-state index in [4.69, 9.17) is 21.1 Å². The lowest BCUT2D eigenvalue weighted by molar-refractivity contribution is -0.191. The normalized spacial score (nSPS) is 10.1. The second-order valence-electron chi connectivity index (χ2n) is 8.00. The molecule has 9 nitrogen and oxygen atoms in total. The highest BCUT2D eigenvalue weighted by Gasteiger charge is 2.22. The number of amides is 2. The van der Waals surface area contributed by atoms with Gasteiger partial charge in [0.2, 0.25) is 0 Å². The minimum absolute atomic E-state index is 0.127. The quantitative estimate of drug-likeness (QED) is 0.383. The number of aromatic nitrogens is 2. The predicted octanol–water partition coefficient (Wildman–Crippen LogP) is 3.18. The van der Waals surface area contributed by atoms with Crippen molar-refractivity contribution in [3.8, 4) is 16.9 Å². The van der Waals surface area contributed by atoms with Crippen LogP contribution in [0.15, 0.2) is 72.8 Å². The van der Waals surface area contributed by atoms with Crippen LogP contribution < -0.4 is 16.8 Å². The molecule has 0 radical (unpaired) electrons. The van der Waals surface area contributed by atoms with Crippen molar-refractivity contribution in [2.75, 3.05) is 5.73 Å². The minimum Gasteiger partial charge on any atom is -0.383 e. The van der Waals surface area contributed by atoms with Crippen LogP contribution in [-0.2, 0) is 16.1 Å². The van der Waals surface area contributed by atoms with Gasteiger partial charge in [0.25, 0.3) is 11.8 Å². The standard InChI is InChI=1S/C26H25N5O2.CO2/c1-16-7-13-20(14-8-16)31-24(27)22(25(28)32)23(30-31)19-11-9-18(10-12-19)15-29-26(33)21-6-4-3-5-17(21)2;2-1-3/h3-14H,15,27H2,1-2H3,(H2,28,32)(H,29,33);. The summed E-state index contributed by atoms with van der Waals surface area (Å²) >= 11 is 0. The van der Waals surface area contributed by atoms with E-state index in [1.54, 1.807) is 6.07 Å². The molecule has 4 aromatic rings. The first-order valence-corrected chi connectivity index (χ1v) is 10.9. The number of carbonyl (C=O) groups excluding carboxylic acids is 4. The van der Waals surface area contributed by atoms with Crippen molar-refractivity contribution in [1.29, 1.82) is 0 Å². The maximum atomic E-state index is 12.5. The third-order valence-corrected chi connectivity index (χ3v) is 5.52. The summed E-state index contributed by atoms with van der Waals surface area (Å²) in [4.78, 5) is 40.9. The number of aryl methyl sites for hydroxylation is 2. The highest BCUT2D eigenvalue weighted by molar-refractivity contribution is 6.03. The summed E-state index contributed by atoms with van der Waals surface area (Å²) < 4.78 is 1.52. The van der Waals surface area contributed by atoms with E-state index < -0.39 is 5.91 Å². The molecular formula is C27H25N5O4. The molecule has 0 aliphatic carbocycles. The van der Waals surface area contributed by atoms with Gasteiger partial charge in [-0.15, -0.1) is 0 Å². The van der Waals surface area contributed by atoms with E-state index in [0.717, 1.165) is 22.4 Å². The number of rotatable bonds is 6. The maximum Gasteiger partial charge on any atom is 0.373 e. The fourth-order valence-electron chi connectivity index (χ4n) is 3.64. The highest BCUT2D eigenvalue weighted by atomic mass is 16.2. The van der Waals surface area contributed by atoms with E-state index in [-0.39, 0.29) is 23.4 Å². The average Bonchev–Trinajstić information content (AvgIpc) is 3.21. The fraction of sp³-hybridized carbons (Fsp3) is 0.111. The summed E-state index contributed by atoms with van der Waals surface area (Å²) in [7, 11) is 0. The van der Waals surface area contributed by atoms with Crippen LogP contribution in [0, 0.1) is 13.8 Å². The molecule has 0 unspecified atom stereocenters. The fourth-order valence-corrected chi connectivity index (χ4v) is 3.64. The van der Waals surface area contributed by atoms with Crippen LogP contribution in [0.4, 0.5) is 5.82 Å². The van der Waals surface area contributed by atoms with Crippen molar-refractivity contribution in [1.82, 2.24) is 15.1 Å². The van der Waals surface area contributed by atoms with Gasteiger partial charge >= 0.3 is 6.15 Å². The largest absolute Gasteiger partial charge is 0.383 e. The van der Waals surface area contributed by atoms with Crippen molar-refractivity contribution in [2.45, 2.75) is 20.4 Å². The Kier molecular flexibility index (Phi) is 8.12. The molecule has 4 rings (SSSR count). The number of hydrogen-bond donors (Lipinski definition) is 3. The number of nitrogens with one attached hydrogen (secondary N) is 1. The smallest absolute Gasteiger partial charge is 0.373 e. The molecule has 1 aromatic heterocycles. The molecule has 5 N–H and O–H groups in total. The summed E-state index contributed by atoms with van der Waals surface area (Å²) in [5.74, 6) is -0.579. The van der Waals surface area contributed by atoms with E-state index >= 15 is 0 Å². The SMILES string of the molecule is Cc1ccc(-n2nc(-c3ccc(CNC(=O)c4ccccc4C)cc3)c(C(N)=O)c2N)cc1.O=C=O. The van der Waals surface area contributed by atoms with Gasteiger partial charge in [0.05, 0.1) is 5.69 Å². The van der Waals surface area contributed by atoms with Crippen molar-refractivity contribution in [3.05, 3.63) is 101 Å². The summed E-state index contributed by atoms with van der Waals surface area (Å²) in [6, 6.07) is 22.5. The van der Waals surface area contributed by atoms with E-state index in [1.165, 1.54) is 4.68 Å². The first-order chi connectivity index (χ1) is 17.3. The van der Waals surface area contributed by atoms with Crippen molar-refractivity contribution in [3.63, 3.8) is 0 Å². The van der Waals surface area contributed by atoms with E-state index in [9.17, 15) is 9.59 Å². The van der Waals surface area contributed by atoms with Gasteiger partial charge in [-0.25, -0.2) is 4.68 Å². The Morgan fingerprint density at radius 3 is 2.14 bits per heavy atom. The van der Waals surface area contributed by atoms with Gasteiger partial charge in [-0.05, 0) is 43.2 Å². The van der Waals surface area contributed by atoms with Crippen LogP contribution in [-0.4, -0.2) is 27.7 Å². The van der Waals surface area contributed by atoms with Crippen LogP contribution >= 0.6 is 0 Å². The van der Waals surface area contributed by atoms with Crippen LogP contribution in [0.3, 0.4) is 0 Å². The van der Waals surface area contributed by atoms with Gasteiger partial charge in [-0.2, -0.15) is 14.7 Å². The molecule has 0 atom stereocenters. The Labute approximate surface area is 207 Å². The Morgan fingerprint density at radius 2 is 1.56 bits per heavy atom. The van der Waals surface area contributed by atoms with Crippen molar-refractivity contribution >= 4 is 23.8 Å². The Bertz CT molecular complexity index is 1420. The molecule has 0 bridgehead atoms. The predicted molar refractivity (Wildman–Crippen MR) is 134 cm³/mol. The van der Waals surface area contributed by atoms with Crippen LogP contribution in [0.2, 0.25) is 0 Å². The number of nitrogens with two attached hydrogens (primary N) is 2. The number of primary amides is 1. The number of hydrogen-bond acceptors (Lipinski definition) is 6. The van der Waals surface area contributed by atoms with Crippen molar-refractivity contribution < 1.29 is 19.2 Å². The molecule has 3 aromatic carbocycles. The van der Waals surface area contributed by atoms with Gasteiger partial charge in [0.15, 0.2) is 0 Å². The zero-order valence-electron chi connectivity index (χ0n) is 19.8. The third kappa shape index (κ3) is 5.72. The number of nitrogen functional groups attached to an aromatic ring is 1. The maximum absolute atomic E-state index is 12.5. The molecule has 0 saturated heterocycles. The molecule has 9 heteroatoms. The highest BCUT2D eigenvalue weighted by Crippen LogP contribution is 2.29. The lowest BCUT2D eigenvalue weighted by Gasteiger charge is -2.08. The van der Waals surface area contributed by atoms with E-state index in [1.807, 2.05) is 80.6 Å². The van der Waals surface area contributed by atoms with Crippen LogP contribution in [0.1, 0.15) is 37.4 Å². The lowest BCUT2D eigenvalue weighted by atomic mass is 10.0. The summed E-state index contributed by atoms with van der Waals surface area (Å²) in [6.07, 6.45) is 0.250. The van der Waals surface area contributed by atoms with Crippen molar-refractivity contribution in [2.24, 2.45) is 5.73 Å². The van der Waals surface area contributed by atoms with E-state index in [0.29, 0.717) is 23.4 Å². The zero-order valence-corrected chi connectivity index (χ0v) is 19.8. The third-order valence-electron chi connectivity index (χ3n) is 5.52. The monoisotopic (exact) mass is 483 g/mol. The summed E-state index contributed by atoms with van der Waals surface area (Å²) in [6.45, 7) is 4.26. The average molecular weight is 484 g/mol. The summed E-state index contributed by atoms with van der Waals surface area (Å²) in [5.41, 5.74) is 17.5. The zero-order chi connectivity index (χ0) is 26.2.